The second-order valence-electron chi connectivity index (χ2n) is 5.28. The van der Waals surface area contributed by atoms with E-state index in [2.05, 4.69) is 20.3 Å². The highest BCUT2D eigenvalue weighted by molar-refractivity contribution is 7.13. The van der Waals surface area contributed by atoms with E-state index in [0.717, 1.165) is 12.1 Å². The van der Waals surface area contributed by atoms with Gasteiger partial charge in [-0.05, 0) is 19.1 Å². The van der Waals surface area contributed by atoms with E-state index in [-0.39, 0.29) is 17.6 Å². The Bertz CT molecular complexity index is 856. The van der Waals surface area contributed by atoms with E-state index < -0.39 is 11.7 Å². The van der Waals surface area contributed by atoms with Crippen LogP contribution >= 0.6 is 11.3 Å². The number of imidazole rings is 1. The molecule has 2 N–H and O–H groups in total. The van der Waals surface area contributed by atoms with Gasteiger partial charge in [0, 0.05) is 23.3 Å². The minimum Gasteiger partial charge on any atom is -0.347 e. The molecule has 1 atom stereocenters. The predicted octanol–water partition coefficient (Wildman–Crippen LogP) is 4.04. The first-order chi connectivity index (χ1) is 11.8. The van der Waals surface area contributed by atoms with Crippen LogP contribution in [0.25, 0.3) is 10.6 Å². The van der Waals surface area contributed by atoms with E-state index in [1.807, 2.05) is 0 Å². The maximum atomic E-state index is 12.6. The van der Waals surface area contributed by atoms with Gasteiger partial charge in [0.15, 0.2) is 0 Å². The highest BCUT2D eigenvalue weighted by Crippen LogP contribution is 2.31. The Hall–Kier alpha value is -2.68. The Morgan fingerprint density at radius 3 is 2.60 bits per heavy atom. The molecule has 0 saturated carbocycles. The van der Waals surface area contributed by atoms with Crippen molar-refractivity contribution in [2.45, 2.75) is 19.1 Å². The highest BCUT2D eigenvalue weighted by Gasteiger charge is 2.30. The molecule has 130 valence electrons. The lowest BCUT2D eigenvalue weighted by Gasteiger charge is -2.09. The Balaban J connectivity index is 1.72. The van der Waals surface area contributed by atoms with E-state index in [1.54, 1.807) is 24.7 Å². The van der Waals surface area contributed by atoms with E-state index in [9.17, 15) is 18.0 Å². The topological polar surface area (TPSA) is 70.7 Å². The zero-order chi connectivity index (χ0) is 18.0. The number of carbonyl (C=O) groups excluding carboxylic acids is 1. The van der Waals surface area contributed by atoms with Crippen LogP contribution in [-0.4, -0.2) is 20.9 Å². The van der Waals surface area contributed by atoms with Crippen molar-refractivity contribution in [2.75, 3.05) is 0 Å². The van der Waals surface area contributed by atoms with E-state index in [0.29, 0.717) is 16.4 Å². The Kier molecular flexibility index (Phi) is 4.58. The van der Waals surface area contributed by atoms with Crippen molar-refractivity contribution in [1.29, 1.82) is 0 Å². The molecule has 0 aliphatic heterocycles. The smallest absolute Gasteiger partial charge is 0.347 e. The zero-order valence-electron chi connectivity index (χ0n) is 13.0. The number of nitrogens with zero attached hydrogens (tertiary/aromatic N) is 2. The normalized spacial score (nSPS) is 12.8. The first-order valence-corrected chi connectivity index (χ1v) is 8.16. The maximum absolute atomic E-state index is 12.6. The lowest BCUT2D eigenvalue weighted by atomic mass is 10.1. The number of halogens is 3. The number of aromatic amines is 1. The molecule has 0 aliphatic rings. The van der Waals surface area contributed by atoms with Crippen LogP contribution in [0.5, 0.6) is 0 Å². The molecule has 0 spiro atoms. The lowest BCUT2D eigenvalue weighted by molar-refractivity contribution is -0.137. The van der Waals surface area contributed by atoms with Crippen LogP contribution in [0, 0.1) is 0 Å². The monoisotopic (exact) mass is 366 g/mol. The molecule has 3 rings (SSSR count). The van der Waals surface area contributed by atoms with Crippen LogP contribution in [0.2, 0.25) is 0 Å². The van der Waals surface area contributed by atoms with E-state index >= 15 is 0 Å². The van der Waals surface area contributed by atoms with Crippen LogP contribution in [0.4, 0.5) is 13.2 Å². The van der Waals surface area contributed by atoms with Crippen molar-refractivity contribution in [3.8, 4) is 10.6 Å². The molecule has 0 unspecified atom stereocenters. The Labute approximate surface area is 145 Å². The molecule has 9 heteroatoms. The number of H-pyrrole nitrogens is 1. The minimum absolute atomic E-state index is 0.207. The number of benzene rings is 1. The summed E-state index contributed by atoms with van der Waals surface area (Å²) in [6.45, 7) is 1.78. The maximum Gasteiger partial charge on any atom is 0.416 e. The van der Waals surface area contributed by atoms with Gasteiger partial charge in [0.25, 0.3) is 5.91 Å². The summed E-state index contributed by atoms with van der Waals surface area (Å²) < 4.78 is 37.8. The lowest BCUT2D eigenvalue weighted by Crippen LogP contribution is -2.27. The van der Waals surface area contributed by atoms with Crippen molar-refractivity contribution in [3.63, 3.8) is 0 Å². The van der Waals surface area contributed by atoms with Gasteiger partial charge in [-0.1, -0.05) is 12.1 Å². The van der Waals surface area contributed by atoms with Crippen LogP contribution in [0.3, 0.4) is 0 Å². The summed E-state index contributed by atoms with van der Waals surface area (Å²) in [5, 5.41) is 4.80. The summed E-state index contributed by atoms with van der Waals surface area (Å²) in [6, 6.07) is 4.35. The number of rotatable bonds is 4. The molecule has 0 fully saturated rings. The van der Waals surface area contributed by atoms with Crippen LogP contribution in [0.1, 0.15) is 34.8 Å². The first kappa shape index (κ1) is 17.2. The van der Waals surface area contributed by atoms with Crippen LogP contribution in [0.15, 0.2) is 42.0 Å². The third-order valence-corrected chi connectivity index (χ3v) is 4.36. The summed E-state index contributed by atoms with van der Waals surface area (Å²) >= 11 is 1.19. The molecule has 2 aromatic heterocycles. The Morgan fingerprint density at radius 1 is 1.28 bits per heavy atom. The SMILES string of the molecule is C[C@H](NC(=O)c1csc(-c2ccc(C(F)(F)F)cc2)n1)c1ncc[nH]1. The van der Waals surface area contributed by atoms with Gasteiger partial charge in [0.05, 0.1) is 11.6 Å². The average Bonchev–Trinajstić information content (AvgIpc) is 3.26. The molecule has 0 aliphatic carbocycles. The molecule has 0 saturated heterocycles. The van der Waals surface area contributed by atoms with Gasteiger partial charge in [-0.25, -0.2) is 9.97 Å². The van der Waals surface area contributed by atoms with Gasteiger partial charge < -0.3 is 10.3 Å². The van der Waals surface area contributed by atoms with Crippen molar-refractivity contribution in [1.82, 2.24) is 20.3 Å². The van der Waals surface area contributed by atoms with Crippen LogP contribution in [-0.2, 0) is 6.18 Å². The predicted molar refractivity (Wildman–Crippen MR) is 87.0 cm³/mol. The van der Waals surface area contributed by atoms with Crippen molar-refractivity contribution < 1.29 is 18.0 Å². The summed E-state index contributed by atoms with van der Waals surface area (Å²) in [4.78, 5) is 23.4. The first-order valence-electron chi connectivity index (χ1n) is 7.28. The third kappa shape index (κ3) is 3.87. The van der Waals surface area contributed by atoms with Gasteiger partial charge in [0.2, 0.25) is 0 Å². The third-order valence-electron chi connectivity index (χ3n) is 3.47. The summed E-state index contributed by atoms with van der Waals surface area (Å²) in [5.74, 6) is 0.241. The standard InChI is InChI=1S/C16H13F3N4OS/c1-9(13-20-6-7-21-13)22-14(24)12-8-25-15(23-12)10-2-4-11(5-3-10)16(17,18)19/h2-9H,1H3,(H,20,21)(H,22,24)/t9-/m0/s1. The van der Waals surface area contributed by atoms with Gasteiger partial charge in [-0.3, -0.25) is 4.79 Å². The van der Waals surface area contributed by atoms with E-state index in [1.165, 1.54) is 23.5 Å². The molecular weight excluding hydrogens is 353 g/mol. The number of nitrogens with one attached hydrogen (secondary N) is 2. The fourth-order valence-electron chi connectivity index (χ4n) is 2.17. The minimum atomic E-state index is -4.38. The molecule has 0 radical (unpaired) electrons. The van der Waals surface area contributed by atoms with Crippen LogP contribution < -0.4 is 5.32 Å². The number of hydrogen-bond acceptors (Lipinski definition) is 4. The van der Waals surface area contributed by atoms with Crippen molar-refractivity contribution in [3.05, 3.63) is 59.1 Å². The number of alkyl halides is 3. The quantitative estimate of drug-likeness (QED) is 0.732. The molecule has 25 heavy (non-hydrogen) atoms. The number of aromatic nitrogens is 3. The second-order valence-corrected chi connectivity index (χ2v) is 6.14. The molecule has 0 bridgehead atoms. The molecular formula is C16H13F3N4OS. The summed E-state index contributed by atoms with van der Waals surface area (Å²) in [6.07, 6.45) is -1.14. The second kappa shape index (κ2) is 6.67. The number of carbonyl (C=O) groups is 1. The summed E-state index contributed by atoms with van der Waals surface area (Å²) in [5.41, 5.74) is 0.00693. The molecule has 2 heterocycles. The van der Waals surface area contributed by atoms with Gasteiger partial charge in [0.1, 0.15) is 16.5 Å². The van der Waals surface area contributed by atoms with Crippen molar-refractivity contribution >= 4 is 17.2 Å². The van der Waals surface area contributed by atoms with Crippen molar-refractivity contribution in [2.24, 2.45) is 0 Å². The molecule has 3 aromatic rings. The molecule has 1 amide bonds. The molecule has 5 nitrogen and oxygen atoms in total. The average molecular weight is 366 g/mol. The number of amides is 1. The van der Waals surface area contributed by atoms with Gasteiger partial charge in [-0.15, -0.1) is 11.3 Å². The fraction of sp³-hybridized carbons (Fsp3) is 0.188. The summed E-state index contributed by atoms with van der Waals surface area (Å²) in [7, 11) is 0. The zero-order valence-corrected chi connectivity index (χ0v) is 13.8. The number of hydrogen-bond donors (Lipinski definition) is 2. The highest BCUT2D eigenvalue weighted by atomic mass is 32.1. The molecule has 1 aromatic carbocycles. The number of thiazole rings is 1. The van der Waals surface area contributed by atoms with Gasteiger partial charge in [-0.2, -0.15) is 13.2 Å². The van der Waals surface area contributed by atoms with E-state index in [4.69, 9.17) is 0 Å². The Morgan fingerprint density at radius 2 is 2.00 bits per heavy atom. The van der Waals surface area contributed by atoms with Gasteiger partial charge >= 0.3 is 6.18 Å². The fourth-order valence-corrected chi connectivity index (χ4v) is 2.97. The largest absolute Gasteiger partial charge is 0.416 e.